The Hall–Kier alpha value is -0.410. The molecule has 3 nitrogen and oxygen atoms in total. The Bertz CT molecular complexity index is 205. The van der Waals surface area contributed by atoms with Crippen molar-refractivity contribution in [3.63, 3.8) is 0 Å². The molecule has 3 atom stereocenters. The SMILES string of the molecule is CC(=O)C1C(C)N(C)C(C)CN1C. The minimum absolute atomic E-state index is 0.0706. The van der Waals surface area contributed by atoms with Gasteiger partial charge in [0.2, 0.25) is 0 Å². The topological polar surface area (TPSA) is 23.6 Å². The molecule has 1 aliphatic rings. The number of hydrogen-bond donors (Lipinski definition) is 0. The van der Waals surface area contributed by atoms with E-state index in [9.17, 15) is 4.79 Å². The Labute approximate surface area is 80.7 Å². The average molecular weight is 184 g/mol. The first-order valence-corrected chi connectivity index (χ1v) is 4.87. The van der Waals surface area contributed by atoms with Gasteiger partial charge in [-0.15, -0.1) is 0 Å². The molecule has 1 rings (SSSR count). The highest BCUT2D eigenvalue weighted by Gasteiger charge is 2.35. The van der Waals surface area contributed by atoms with Crippen LogP contribution in [0.25, 0.3) is 0 Å². The lowest BCUT2D eigenvalue weighted by Gasteiger charge is -2.46. The molecule has 1 aliphatic heterocycles. The summed E-state index contributed by atoms with van der Waals surface area (Å²) in [4.78, 5) is 15.9. The highest BCUT2D eigenvalue weighted by Crippen LogP contribution is 2.18. The number of rotatable bonds is 1. The van der Waals surface area contributed by atoms with Crippen LogP contribution in [0.2, 0.25) is 0 Å². The predicted octanol–water partition coefficient (Wildman–Crippen LogP) is 0.598. The molecule has 0 bridgehead atoms. The number of piperazine rings is 1. The maximum Gasteiger partial charge on any atom is 0.148 e. The van der Waals surface area contributed by atoms with Crippen LogP contribution < -0.4 is 0 Å². The first-order valence-electron chi connectivity index (χ1n) is 4.87. The van der Waals surface area contributed by atoms with Gasteiger partial charge in [-0.3, -0.25) is 14.6 Å². The van der Waals surface area contributed by atoms with Gasteiger partial charge in [-0.05, 0) is 34.9 Å². The number of carbonyl (C=O) groups excluding carboxylic acids is 1. The van der Waals surface area contributed by atoms with E-state index in [2.05, 4.69) is 30.7 Å². The third-order valence-corrected chi connectivity index (χ3v) is 3.24. The minimum atomic E-state index is 0.0706. The van der Waals surface area contributed by atoms with Gasteiger partial charge < -0.3 is 0 Å². The van der Waals surface area contributed by atoms with Crippen molar-refractivity contribution in [1.29, 1.82) is 0 Å². The Morgan fingerprint density at radius 3 is 2.31 bits per heavy atom. The summed E-state index contributed by atoms with van der Waals surface area (Å²) in [7, 11) is 4.13. The molecule has 0 aromatic rings. The molecule has 0 spiro atoms. The van der Waals surface area contributed by atoms with E-state index in [0.29, 0.717) is 12.1 Å². The zero-order valence-electron chi connectivity index (χ0n) is 9.24. The molecule has 76 valence electrons. The summed E-state index contributed by atoms with van der Waals surface area (Å²) in [6, 6.07) is 0.933. The van der Waals surface area contributed by atoms with Gasteiger partial charge in [0.05, 0.1) is 6.04 Å². The van der Waals surface area contributed by atoms with Crippen molar-refractivity contribution in [3.05, 3.63) is 0 Å². The van der Waals surface area contributed by atoms with Crippen LogP contribution in [0.1, 0.15) is 20.8 Å². The molecule has 0 aromatic carbocycles. The molecule has 1 fully saturated rings. The standard InChI is InChI=1S/C10H20N2O/c1-7-6-11(4)10(9(3)13)8(2)12(7)5/h7-8,10H,6H2,1-5H3. The van der Waals surface area contributed by atoms with Crippen molar-refractivity contribution >= 4 is 5.78 Å². The number of nitrogens with zero attached hydrogens (tertiary/aromatic N) is 2. The van der Waals surface area contributed by atoms with Crippen molar-refractivity contribution < 1.29 is 4.79 Å². The van der Waals surface area contributed by atoms with Crippen LogP contribution in [0.3, 0.4) is 0 Å². The van der Waals surface area contributed by atoms with Crippen LogP contribution in [0.5, 0.6) is 0 Å². The molecule has 3 unspecified atom stereocenters. The maximum absolute atomic E-state index is 11.4. The Morgan fingerprint density at radius 1 is 1.31 bits per heavy atom. The molecule has 0 radical (unpaired) electrons. The van der Waals surface area contributed by atoms with Crippen LogP contribution in [-0.2, 0) is 4.79 Å². The summed E-state index contributed by atoms with van der Waals surface area (Å²) in [5, 5.41) is 0. The van der Waals surface area contributed by atoms with E-state index in [-0.39, 0.29) is 11.8 Å². The molecular formula is C10H20N2O. The first kappa shape index (κ1) is 10.7. The number of likely N-dealkylation sites (N-methyl/N-ethyl adjacent to an activating group) is 2. The summed E-state index contributed by atoms with van der Waals surface area (Å²) in [6.45, 7) is 6.98. The zero-order chi connectivity index (χ0) is 10.2. The Morgan fingerprint density at radius 2 is 1.85 bits per heavy atom. The fraction of sp³-hybridized carbons (Fsp3) is 0.900. The van der Waals surface area contributed by atoms with E-state index in [1.807, 2.05) is 7.05 Å². The van der Waals surface area contributed by atoms with Gasteiger partial charge in [0.15, 0.2) is 0 Å². The molecule has 0 aliphatic carbocycles. The van der Waals surface area contributed by atoms with Crippen molar-refractivity contribution in [3.8, 4) is 0 Å². The quantitative estimate of drug-likeness (QED) is 0.596. The number of hydrogen-bond acceptors (Lipinski definition) is 3. The second-order valence-corrected chi connectivity index (χ2v) is 4.25. The molecule has 1 heterocycles. The highest BCUT2D eigenvalue weighted by molar-refractivity contribution is 5.82. The van der Waals surface area contributed by atoms with Crippen LogP contribution in [0.4, 0.5) is 0 Å². The second kappa shape index (κ2) is 3.76. The van der Waals surface area contributed by atoms with E-state index in [1.165, 1.54) is 0 Å². The lowest BCUT2D eigenvalue weighted by Crippen LogP contribution is -2.61. The molecule has 0 saturated carbocycles. The summed E-state index contributed by atoms with van der Waals surface area (Å²) >= 11 is 0. The maximum atomic E-state index is 11.4. The summed E-state index contributed by atoms with van der Waals surface area (Å²) in [6.07, 6.45) is 0. The Kier molecular flexibility index (Phi) is 3.09. The van der Waals surface area contributed by atoms with E-state index >= 15 is 0 Å². The molecule has 13 heavy (non-hydrogen) atoms. The van der Waals surface area contributed by atoms with Crippen molar-refractivity contribution in [1.82, 2.24) is 9.80 Å². The monoisotopic (exact) mass is 184 g/mol. The summed E-state index contributed by atoms with van der Waals surface area (Å²) in [5.41, 5.74) is 0. The first-order chi connectivity index (χ1) is 5.95. The average Bonchev–Trinajstić information content (AvgIpc) is 1.99. The smallest absolute Gasteiger partial charge is 0.148 e. The van der Waals surface area contributed by atoms with Gasteiger partial charge in [-0.2, -0.15) is 0 Å². The lowest BCUT2D eigenvalue weighted by molar-refractivity contribution is -0.126. The van der Waals surface area contributed by atoms with Crippen LogP contribution in [0, 0.1) is 0 Å². The van der Waals surface area contributed by atoms with Gasteiger partial charge in [0, 0.05) is 18.6 Å². The third-order valence-electron chi connectivity index (χ3n) is 3.24. The Balaban J connectivity index is 2.79. The van der Waals surface area contributed by atoms with Crippen LogP contribution >= 0.6 is 0 Å². The fourth-order valence-electron chi connectivity index (χ4n) is 2.30. The van der Waals surface area contributed by atoms with Crippen molar-refractivity contribution in [2.24, 2.45) is 0 Å². The molecule has 0 N–H and O–H groups in total. The van der Waals surface area contributed by atoms with Crippen LogP contribution in [0.15, 0.2) is 0 Å². The summed E-state index contributed by atoms with van der Waals surface area (Å²) in [5.74, 6) is 0.272. The van der Waals surface area contributed by atoms with Crippen molar-refractivity contribution in [2.45, 2.75) is 38.9 Å². The van der Waals surface area contributed by atoms with Crippen molar-refractivity contribution in [2.75, 3.05) is 20.6 Å². The van der Waals surface area contributed by atoms with E-state index in [0.717, 1.165) is 6.54 Å². The predicted molar refractivity (Wildman–Crippen MR) is 53.8 cm³/mol. The molecule has 0 amide bonds. The van der Waals surface area contributed by atoms with Gasteiger partial charge in [0.25, 0.3) is 0 Å². The second-order valence-electron chi connectivity index (χ2n) is 4.25. The lowest BCUT2D eigenvalue weighted by atomic mass is 9.98. The largest absolute Gasteiger partial charge is 0.298 e. The van der Waals surface area contributed by atoms with Crippen LogP contribution in [-0.4, -0.2) is 54.3 Å². The molecule has 0 aromatic heterocycles. The van der Waals surface area contributed by atoms with Gasteiger partial charge in [0.1, 0.15) is 5.78 Å². The molecule has 3 heteroatoms. The number of ketones is 1. The van der Waals surface area contributed by atoms with Gasteiger partial charge in [-0.1, -0.05) is 0 Å². The normalized spacial score (nSPS) is 37.8. The zero-order valence-corrected chi connectivity index (χ0v) is 9.24. The highest BCUT2D eigenvalue weighted by atomic mass is 16.1. The summed E-state index contributed by atoms with van der Waals surface area (Å²) < 4.78 is 0. The number of Topliss-reactive ketones (excluding diaryl/α,β-unsaturated/α-hetero) is 1. The fourth-order valence-corrected chi connectivity index (χ4v) is 2.30. The van der Waals surface area contributed by atoms with E-state index in [1.54, 1.807) is 6.92 Å². The molecular weight excluding hydrogens is 164 g/mol. The minimum Gasteiger partial charge on any atom is -0.298 e. The van der Waals surface area contributed by atoms with E-state index < -0.39 is 0 Å². The third kappa shape index (κ3) is 1.92. The van der Waals surface area contributed by atoms with Gasteiger partial charge >= 0.3 is 0 Å². The molecule has 1 saturated heterocycles. The van der Waals surface area contributed by atoms with E-state index in [4.69, 9.17) is 0 Å². The number of carbonyl (C=O) groups is 1. The van der Waals surface area contributed by atoms with Gasteiger partial charge in [-0.25, -0.2) is 0 Å².